The van der Waals surface area contributed by atoms with Gasteiger partial charge in [-0.2, -0.15) is 11.8 Å². The maximum absolute atomic E-state index is 12.6. The van der Waals surface area contributed by atoms with E-state index in [1.54, 1.807) is 29.6 Å². The first-order valence-corrected chi connectivity index (χ1v) is 12.3. The average Bonchev–Trinajstić information content (AvgIpc) is 3.14. The monoisotopic (exact) mass is 450 g/mol. The number of thioether (sulfide) groups is 2. The van der Waals surface area contributed by atoms with Crippen molar-refractivity contribution in [1.82, 2.24) is 9.80 Å². The SMILES string of the molecule is CCOc1cc(C2SCCC(=O)N2CCSCc2ccc(CN(C)C)o2)ccc1O. The van der Waals surface area contributed by atoms with Crippen LogP contribution in [-0.2, 0) is 17.1 Å². The van der Waals surface area contributed by atoms with E-state index < -0.39 is 0 Å². The summed E-state index contributed by atoms with van der Waals surface area (Å²) in [5.41, 5.74) is 0.985. The summed E-state index contributed by atoms with van der Waals surface area (Å²) in [4.78, 5) is 16.7. The molecule has 0 saturated carbocycles. The van der Waals surface area contributed by atoms with Gasteiger partial charge in [0.2, 0.25) is 5.91 Å². The number of phenolic OH excluding ortho intramolecular Hbond substituents is 1. The normalized spacial score (nSPS) is 17.0. The topological polar surface area (TPSA) is 66.2 Å². The van der Waals surface area contributed by atoms with E-state index in [-0.39, 0.29) is 17.0 Å². The van der Waals surface area contributed by atoms with Crippen molar-refractivity contribution < 1.29 is 19.1 Å². The second-order valence-electron chi connectivity index (χ2n) is 7.38. The molecule has 1 N–H and O–H groups in total. The van der Waals surface area contributed by atoms with Crippen LogP contribution in [0.15, 0.2) is 34.7 Å². The highest BCUT2D eigenvalue weighted by Gasteiger charge is 2.30. The predicted octanol–water partition coefficient (Wildman–Crippen LogP) is 4.34. The number of hydrogen-bond donors (Lipinski definition) is 1. The Bertz CT molecular complexity index is 840. The number of carbonyl (C=O) groups is 1. The minimum absolute atomic E-state index is 0.0537. The molecule has 164 valence electrons. The number of furan rings is 1. The molecule has 6 nitrogen and oxygen atoms in total. The first-order valence-electron chi connectivity index (χ1n) is 10.1. The fourth-order valence-corrected chi connectivity index (χ4v) is 5.41. The summed E-state index contributed by atoms with van der Waals surface area (Å²) in [6, 6.07) is 9.43. The first kappa shape index (κ1) is 22.9. The van der Waals surface area contributed by atoms with Crippen LogP contribution in [-0.4, -0.2) is 59.6 Å². The lowest BCUT2D eigenvalue weighted by atomic mass is 10.1. The summed E-state index contributed by atoms with van der Waals surface area (Å²) < 4.78 is 11.4. The van der Waals surface area contributed by atoms with Gasteiger partial charge in [-0.1, -0.05) is 6.07 Å². The Kier molecular flexibility index (Phi) is 8.41. The molecule has 1 aromatic heterocycles. The molecule has 3 rings (SSSR count). The zero-order valence-corrected chi connectivity index (χ0v) is 19.4. The fourth-order valence-electron chi connectivity index (χ4n) is 3.33. The van der Waals surface area contributed by atoms with Crippen LogP contribution in [0.25, 0.3) is 0 Å². The van der Waals surface area contributed by atoms with E-state index >= 15 is 0 Å². The van der Waals surface area contributed by atoms with Crippen molar-refractivity contribution in [1.29, 1.82) is 0 Å². The maximum Gasteiger partial charge on any atom is 0.224 e. The van der Waals surface area contributed by atoms with Gasteiger partial charge in [0, 0.05) is 24.5 Å². The maximum atomic E-state index is 12.6. The Morgan fingerprint density at radius 2 is 2.10 bits per heavy atom. The average molecular weight is 451 g/mol. The molecule has 1 saturated heterocycles. The number of rotatable bonds is 10. The third-order valence-corrected chi connectivity index (χ3v) is 6.92. The Morgan fingerprint density at radius 3 is 2.87 bits per heavy atom. The van der Waals surface area contributed by atoms with E-state index in [4.69, 9.17) is 9.15 Å². The van der Waals surface area contributed by atoms with Gasteiger partial charge in [-0.3, -0.25) is 4.79 Å². The second-order valence-corrected chi connectivity index (χ2v) is 9.67. The van der Waals surface area contributed by atoms with Gasteiger partial charge in [0.1, 0.15) is 16.9 Å². The van der Waals surface area contributed by atoms with Gasteiger partial charge in [0.15, 0.2) is 11.5 Å². The van der Waals surface area contributed by atoms with Crippen LogP contribution in [0.3, 0.4) is 0 Å². The molecule has 8 heteroatoms. The van der Waals surface area contributed by atoms with Gasteiger partial charge in [-0.25, -0.2) is 0 Å². The van der Waals surface area contributed by atoms with Crippen molar-refractivity contribution >= 4 is 29.4 Å². The van der Waals surface area contributed by atoms with Crippen LogP contribution in [0, 0.1) is 0 Å². The Morgan fingerprint density at radius 1 is 1.30 bits per heavy atom. The smallest absolute Gasteiger partial charge is 0.224 e. The van der Waals surface area contributed by atoms with E-state index in [9.17, 15) is 9.90 Å². The first-order chi connectivity index (χ1) is 14.5. The minimum atomic E-state index is -0.0537. The lowest BCUT2D eigenvalue weighted by Crippen LogP contribution is -2.38. The van der Waals surface area contributed by atoms with Crippen LogP contribution >= 0.6 is 23.5 Å². The number of ether oxygens (including phenoxy) is 1. The highest BCUT2D eigenvalue weighted by Crippen LogP contribution is 2.40. The summed E-state index contributed by atoms with van der Waals surface area (Å²) in [6.45, 7) is 3.84. The lowest BCUT2D eigenvalue weighted by molar-refractivity contribution is -0.131. The Balaban J connectivity index is 1.58. The molecule has 1 unspecified atom stereocenters. The van der Waals surface area contributed by atoms with Crippen molar-refractivity contribution in [2.75, 3.05) is 38.8 Å². The van der Waals surface area contributed by atoms with E-state index in [0.29, 0.717) is 25.3 Å². The summed E-state index contributed by atoms with van der Waals surface area (Å²) in [7, 11) is 4.04. The van der Waals surface area contributed by atoms with Crippen LogP contribution in [0.2, 0.25) is 0 Å². The number of amides is 1. The molecule has 2 aromatic rings. The van der Waals surface area contributed by atoms with E-state index in [1.165, 1.54) is 0 Å². The molecule has 30 heavy (non-hydrogen) atoms. The van der Waals surface area contributed by atoms with Gasteiger partial charge in [-0.15, -0.1) is 11.8 Å². The van der Waals surface area contributed by atoms with Gasteiger partial charge < -0.3 is 24.1 Å². The zero-order chi connectivity index (χ0) is 21.5. The highest BCUT2D eigenvalue weighted by atomic mass is 32.2. The largest absolute Gasteiger partial charge is 0.504 e. The molecule has 1 aromatic carbocycles. The summed E-state index contributed by atoms with van der Waals surface area (Å²) in [5, 5.41) is 9.93. The molecule has 1 aliphatic rings. The molecular formula is C22H30N2O4S2. The van der Waals surface area contributed by atoms with Crippen molar-refractivity contribution in [3.8, 4) is 11.5 Å². The van der Waals surface area contributed by atoms with Crippen molar-refractivity contribution in [3.05, 3.63) is 47.4 Å². The third-order valence-electron chi connectivity index (χ3n) is 4.67. The highest BCUT2D eigenvalue weighted by molar-refractivity contribution is 7.99. The number of hydrogen-bond acceptors (Lipinski definition) is 7. The van der Waals surface area contributed by atoms with E-state index in [1.807, 2.05) is 50.2 Å². The molecule has 0 spiro atoms. The molecule has 1 aliphatic heterocycles. The molecule has 0 aliphatic carbocycles. The molecule has 0 radical (unpaired) electrons. The van der Waals surface area contributed by atoms with Crippen molar-refractivity contribution in [3.63, 3.8) is 0 Å². The number of aromatic hydroxyl groups is 1. The number of benzene rings is 1. The number of carbonyl (C=O) groups excluding carboxylic acids is 1. The fraction of sp³-hybridized carbons (Fsp3) is 0.500. The molecule has 1 fully saturated rings. The van der Waals surface area contributed by atoms with Gasteiger partial charge in [0.05, 0.1) is 18.9 Å². The quantitative estimate of drug-likeness (QED) is 0.540. The molecule has 0 bridgehead atoms. The molecular weight excluding hydrogens is 420 g/mol. The molecule has 1 amide bonds. The molecule has 2 heterocycles. The van der Waals surface area contributed by atoms with Crippen molar-refractivity contribution in [2.45, 2.75) is 31.0 Å². The molecule has 1 atom stereocenters. The minimum Gasteiger partial charge on any atom is -0.504 e. The van der Waals surface area contributed by atoms with Crippen molar-refractivity contribution in [2.24, 2.45) is 0 Å². The van der Waals surface area contributed by atoms with Crippen LogP contribution in [0.4, 0.5) is 0 Å². The number of phenols is 1. The summed E-state index contributed by atoms with van der Waals surface area (Å²) in [5.74, 6) is 5.14. The van der Waals surface area contributed by atoms with E-state index in [2.05, 4.69) is 4.90 Å². The predicted molar refractivity (Wildman–Crippen MR) is 123 cm³/mol. The standard InChI is InChI=1S/C22H30N2O4S2/c1-4-27-20-13-16(5-8-19(20)25)22-24(21(26)9-11-30-22)10-12-29-15-18-7-6-17(28-18)14-23(2)3/h5-8,13,22,25H,4,9-12,14-15H2,1-3H3. The van der Waals surface area contributed by atoms with Crippen LogP contribution in [0.1, 0.15) is 35.8 Å². The van der Waals surface area contributed by atoms with Crippen LogP contribution in [0.5, 0.6) is 11.5 Å². The third kappa shape index (κ3) is 6.12. The van der Waals surface area contributed by atoms with Crippen LogP contribution < -0.4 is 4.74 Å². The van der Waals surface area contributed by atoms with Gasteiger partial charge >= 0.3 is 0 Å². The van der Waals surface area contributed by atoms with Gasteiger partial charge in [0.25, 0.3) is 0 Å². The second kappa shape index (κ2) is 11.0. The summed E-state index contributed by atoms with van der Waals surface area (Å²) in [6.07, 6.45) is 0.564. The Labute approximate surface area is 186 Å². The Hall–Kier alpha value is -1.77. The lowest BCUT2D eigenvalue weighted by Gasteiger charge is -2.35. The van der Waals surface area contributed by atoms with E-state index in [0.717, 1.165) is 40.9 Å². The zero-order valence-electron chi connectivity index (χ0n) is 17.8. The number of nitrogens with zero attached hydrogens (tertiary/aromatic N) is 2. The summed E-state index contributed by atoms with van der Waals surface area (Å²) >= 11 is 3.53. The van der Waals surface area contributed by atoms with Gasteiger partial charge in [-0.05, 0) is 50.8 Å².